The summed E-state index contributed by atoms with van der Waals surface area (Å²) in [7, 11) is 0. The van der Waals surface area contributed by atoms with E-state index >= 15 is 0 Å². The van der Waals surface area contributed by atoms with Gasteiger partial charge in [-0.15, -0.1) is 0 Å². The van der Waals surface area contributed by atoms with Gasteiger partial charge >= 0.3 is 0 Å². The Kier molecular flexibility index (Phi) is 3.55. The lowest BCUT2D eigenvalue weighted by Crippen LogP contribution is -2.73. The molecule has 4 nitrogen and oxygen atoms in total. The number of amides is 2. The molecule has 1 rings (SSSR count). The minimum Gasteiger partial charge on any atom is -0.340 e. The summed E-state index contributed by atoms with van der Waals surface area (Å²) in [5.41, 5.74) is -1.50. The molecule has 1 saturated heterocycles. The van der Waals surface area contributed by atoms with Gasteiger partial charge in [0.2, 0.25) is 11.8 Å². The molecule has 17 heavy (non-hydrogen) atoms. The third-order valence-corrected chi connectivity index (χ3v) is 3.53. The number of rotatable bonds is 3. The van der Waals surface area contributed by atoms with Gasteiger partial charge in [-0.05, 0) is 33.1 Å². The monoisotopic (exact) mass is 240 g/mol. The van der Waals surface area contributed by atoms with Crippen LogP contribution in [0.4, 0.5) is 0 Å². The second-order valence-electron chi connectivity index (χ2n) is 6.02. The number of carbonyl (C=O) groups is 2. The van der Waals surface area contributed by atoms with E-state index in [0.717, 1.165) is 0 Å². The lowest BCUT2D eigenvalue weighted by molar-refractivity contribution is -0.161. The highest BCUT2D eigenvalue weighted by Crippen LogP contribution is 2.29. The summed E-state index contributed by atoms with van der Waals surface area (Å²) < 4.78 is 0. The summed E-state index contributed by atoms with van der Waals surface area (Å²) >= 11 is 0. The van der Waals surface area contributed by atoms with Gasteiger partial charge in [0.25, 0.3) is 0 Å². The molecular formula is C13H24N2O2. The third-order valence-electron chi connectivity index (χ3n) is 3.53. The highest BCUT2D eigenvalue weighted by atomic mass is 16.2. The van der Waals surface area contributed by atoms with Crippen LogP contribution in [0.5, 0.6) is 0 Å². The SMILES string of the molecule is CCC1(C)C(=O)NC(C)(C)C(=O)N1CC(C)C. The van der Waals surface area contributed by atoms with Gasteiger partial charge in [-0.3, -0.25) is 9.59 Å². The van der Waals surface area contributed by atoms with E-state index in [0.29, 0.717) is 18.9 Å². The average molecular weight is 240 g/mol. The van der Waals surface area contributed by atoms with Gasteiger partial charge in [0.1, 0.15) is 11.1 Å². The maximum Gasteiger partial charge on any atom is 0.248 e. The van der Waals surface area contributed by atoms with Crippen molar-refractivity contribution in [3.63, 3.8) is 0 Å². The largest absolute Gasteiger partial charge is 0.340 e. The van der Waals surface area contributed by atoms with E-state index in [1.54, 1.807) is 18.7 Å². The Morgan fingerprint density at radius 1 is 1.24 bits per heavy atom. The molecule has 0 aromatic carbocycles. The molecule has 1 N–H and O–H groups in total. The van der Waals surface area contributed by atoms with E-state index in [9.17, 15) is 9.59 Å². The summed E-state index contributed by atoms with van der Waals surface area (Å²) in [6.45, 7) is 12.0. The van der Waals surface area contributed by atoms with Gasteiger partial charge in [-0.2, -0.15) is 0 Å². The molecule has 1 aliphatic heterocycles. The molecule has 4 heteroatoms. The van der Waals surface area contributed by atoms with Crippen LogP contribution in [0.3, 0.4) is 0 Å². The molecule has 1 unspecified atom stereocenters. The number of nitrogens with one attached hydrogen (secondary N) is 1. The molecule has 1 atom stereocenters. The standard InChI is InChI=1S/C13H24N2O2/c1-7-13(6)10(16)14-12(4,5)11(17)15(13)8-9(2)3/h9H,7-8H2,1-6H3,(H,14,16). The summed E-state index contributed by atoms with van der Waals surface area (Å²) in [5.74, 6) is 0.312. The summed E-state index contributed by atoms with van der Waals surface area (Å²) in [6.07, 6.45) is 0.632. The maximum atomic E-state index is 12.4. The van der Waals surface area contributed by atoms with Crippen molar-refractivity contribution in [3.05, 3.63) is 0 Å². The van der Waals surface area contributed by atoms with Crippen molar-refractivity contribution >= 4 is 11.8 Å². The van der Waals surface area contributed by atoms with E-state index in [1.807, 2.05) is 13.8 Å². The fraction of sp³-hybridized carbons (Fsp3) is 0.846. The molecular weight excluding hydrogens is 216 g/mol. The minimum absolute atomic E-state index is 0.00940. The third kappa shape index (κ3) is 2.31. The number of hydrogen-bond acceptors (Lipinski definition) is 2. The van der Waals surface area contributed by atoms with E-state index in [-0.39, 0.29) is 11.8 Å². The highest BCUT2D eigenvalue weighted by Gasteiger charge is 2.51. The first kappa shape index (κ1) is 14.0. The van der Waals surface area contributed by atoms with Crippen LogP contribution in [0.2, 0.25) is 0 Å². The Hall–Kier alpha value is -1.06. The van der Waals surface area contributed by atoms with E-state index < -0.39 is 11.1 Å². The highest BCUT2D eigenvalue weighted by molar-refractivity contribution is 6.01. The molecule has 0 aromatic rings. The van der Waals surface area contributed by atoms with Crippen molar-refractivity contribution in [2.75, 3.05) is 6.54 Å². The molecule has 1 aliphatic rings. The first-order valence-corrected chi connectivity index (χ1v) is 6.30. The van der Waals surface area contributed by atoms with Crippen molar-refractivity contribution in [1.29, 1.82) is 0 Å². The van der Waals surface area contributed by atoms with Crippen LogP contribution in [0.15, 0.2) is 0 Å². The summed E-state index contributed by atoms with van der Waals surface area (Å²) in [5, 5.41) is 2.82. The van der Waals surface area contributed by atoms with Gasteiger partial charge in [0.15, 0.2) is 0 Å². The lowest BCUT2D eigenvalue weighted by atomic mass is 9.85. The Labute approximate surface area is 104 Å². The zero-order valence-corrected chi connectivity index (χ0v) is 11.8. The van der Waals surface area contributed by atoms with Gasteiger partial charge in [0.05, 0.1) is 0 Å². The average Bonchev–Trinajstić information content (AvgIpc) is 2.21. The summed E-state index contributed by atoms with van der Waals surface area (Å²) in [6, 6.07) is 0. The Morgan fingerprint density at radius 3 is 2.18 bits per heavy atom. The molecule has 0 aliphatic carbocycles. The molecule has 1 fully saturated rings. The topological polar surface area (TPSA) is 49.4 Å². The second-order valence-corrected chi connectivity index (χ2v) is 6.02. The van der Waals surface area contributed by atoms with Crippen molar-refractivity contribution in [2.45, 2.75) is 59.0 Å². The minimum atomic E-state index is -0.791. The van der Waals surface area contributed by atoms with Crippen molar-refractivity contribution < 1.29 is 9.59 Å². The number of piperazine rings is 1. The van der Waals surface area contributed by atoms with Crippen LogP contribution in [0, 0.1) is 5.92 Å². The Balaban J connectivity index is 3.14. The molecule has 0 radical (unpaired) electrons. The fourth-order valence-corrected chi connectivity index (χ4v) is 2.16. The van der Waals surface area contributed by atoms with Gasteiger partial charge in [-0.1, -0.05) is 20.8 Å². The zero-order chi connectivity index (χ0) is 13.4. The maximum absolute atomic E-state index is 12.4. The van der Waals surface area contributed by atoms with Gasteiger partial charge < -0.3 is 10.2 Å². The smallest absolute Gasteiger partial charge is 0.248 e. The molecule has 0 saturated carbocycles. The fourth-order valence-electron chi connectivity index (χ4n) is 2.16. The predicted molar refractivity (Wildman–Crippen MR) is 67.5 cm³/mol. The predicted octanol–water partition coefficient (Wildman–Crippen LogP) is 1.55. The summed E-state index contributed by atoms with van der Waals surface area (Å²) in [4.78, 5) is 26.4. The van der Waals surface area contributed by atoms with Crippen LogP contribution in [-0.2, 0) is 9.59 Å². The molecule has 98 valence electrons. The zero-order valence-electron chi connectivity index (χ0n) is 11.8. The van der Waals surface area contributed by atoms with Crippen molar-refractivity contribution in [1.82, 2.24) is 10.2 Å². The van der Waals surface area contributed by atoms with Crippen LogP contribution < -0.4 is 5.32 Å². The molecule has 1 heterocycles. The van der Waals surface area contributed by atoms with Crippen LogP contribution in [0.25, 0.3) is 0 Å². The molecule has 0 spiro atoms. The number of carbonyl (C=O) groups excluding carboxylic acids is 2. The Morgan fingerprint density at radius 2 is 1.76 bits per heavy atom. The normalized spacial score (nSPS) is 28.5. The quantitative estimate of drug-likeness (QED) is 0.813. The first-order chi connectivity index (χ1) is 7.65. The first-order valence-electron chi connectivity index (χ1n) is 6.30. The van der Waals surface area contributed by atoms with Crippen molar-refractivity contribution in [2.24, 2.45) is 5.92 Å². The number of hydrogen-bond donors (Lipinski definition) is 1. The van der Waals surface area contributed by atoms with Gasteiger partial charge in [-0.25, -0.2) is 0 Å². The Bertz CT molecular complexity index is 336. The molecule has 2 amide bonds. The van der Waals surface area contributed by atoms with Crippen molar-refractivity contribution in [3.8, 4) is 0 Å². The molecule has 0 bridgehead atoms. The lowest BCUT2D eigenvalue weighted by Gasteiger charge is -2.49. The van der Waals surface area contributed by atoms with Crippen LogP contribution >= 0.6 is 0 Å². The van der Waals surface area contributed by atoms with Gasteiger partial charge in [0, 0.05) is 6.54 Å². The number of nitrogens with zero attached hydrogens (tertiary/aromatic N) is 1. The molecule has 0 aromatic heterocycles. The second kappa shape index (κ2) is 4.31. The van der Waals surface area contributed by atoms with E-state index in [4.69, 9.17) is 0 Å². The van der Waals surface area contributed by atoms with Crippen LogP contribution in [-0.4, -0.2) is 34.3 Å². The van der Waals surface area contributed by atoms with E-state index in [1.165, 1.54) is 0 Å². The van der Waals surface area contributed by atoms with Crippen LogP contribution in [0.1, 0.15) is 48.0 Å². The van der Waals surface area contributed by atoms with E-state index in [2.05, 4.69) is 19.2 Å².